The molecule has 0 spiro atoms. The molecule has 0 heterocycles. The predicted octanol–water partition coefficient (Wildman–Crippen LogP) is 3.45. The third-order valence-electron chi connectivity index (χ3n) is 3.49. The Kier molecular flexibility index (Phi) is 3.79. The molecule has 1 saturated carbocycles. The molecule has 1 aromatic rings. The average molecular weight is 203 g/mol. The molecule has 1 aromatic carbocycles. The van der Waals surface area contributed by atoms with Crippen LogP contribution in [0.4, 0.5) is 0 Å². The summed E-state index contributed by atoms with van der Waals surface area (Å²) in [4.78, 5) is 0. The van der Waals surface area contributed by atoms with Gasteiger partial charge in [0.15, 0.2) is 0 Å². The number of hydrogen-bond donors (Lipinski definition) is 1. The van der Waals surface area contributed by atoms with Crippen LogP contribution in [0.3, 0.4) is 0 Å². The Morgan fingerprint density at radius 1 is 0.933 bits per heavy atom. The van der Waals surface area contributed by atoms with Crippen molar-refractivity contribution < 1.29 is 0 Å². The van der Waals surface area contributed by atoms with Gasteiger partial charge in [-0.2, -0.15) is 0 Å². The van der Waals surface area contributed by atoms with Gasteiger partial charge in [-0.05, 0) is 30.7 Å². The van der Waals surface area contributed by atoms with Gasteiger partial charge in [0.25, 0.3) is 0 Å². The van der Waals surface area contributed by atoms with Gasteiger partial charge < -0.3 is 5.73 Å². The molecule has 0 radical (unpaired) electrons. The molecular weight excluding hydrogens is 182 g/mol. The van der Waals surface area contributed by atoms with E-state index >= 15 is 0 Å². The second-order valence-electron chi connectivity index (χ2n) is 4.74. The summed E-state index contributed by atoms with van der Waals surface area (Å²) in [5, 5.41) is 0. The molecule has 1 aliphatic rings. The first-order chi connectivity index (χ1) is 7.36. The maximum Gasteiger partial charge on any atom is 0.00446 e. The van der Waals surface area contributed by atoms with Crippen molar-refractivity contribution in [2.45, 2.75) is 50.5 Å². The van der Waals surface area contributed by atoms with Gasteiger partial charge in [-0.15, -0.1) is 0 Å². The standard InChI is InChI=1S/C14H21N/c15-14-10-6-2-5-9-13(11-14)12-7-3-1-4-8-12/h1,3-4,7-8,13-14H,2,5-6,9-11,15H2. The minimum absolute atomic E-state index is 0.413. The van der Waals surface area contributed by atoms with Crippen LogP contribution >= 0.6 is 0 Å². The molecule has 2 atom stereocenters. The highest BCUT2D eigenvalue weighted by atomic mass is 14.6. The van der Waals surface area contributed by atoms with Gasteiger partial charge in [-0.25, -0.2) is 0 Å². The van der Waals surface area contributed by atoms with Crippen molar-refractivity contribution in [1.29, 1.82) is 0 Å². The fourth-order valence-corrected chi connectivity index (χ4v) is 2.60. The van der Waals surface area contributed by atoms with Gasteiger partial charge in [0.1, 0.15) is 0 Å². The Bertz CT molecular complexity index is 281. The van der Waals surface area contributed by atoms with E-state index in [9.17, 15) is 0 Å². The zero-order chi connectivity index (χ0) is 10.5. The molecule has 0 aliphatic heterocycles. The smallest absolute Gasteiger partial charge is 0.00446 e. The molecule has 2 unspecified atom stereocenters. The molecule has 15 heavy (non-hydrogen) atoms. The first-order valence-corrected chi connectivity index (χ1v) is 6.17. The second kappa shape index (κ2) is 5.32. The third-order valence-corrected chi connectivity index (χ3v) is 3.49. The third kappa shape index (κ3) is 3.07. The molecule has 1 nitrogen and oxygen atoms in total. The molecule has 0 bridgehead atoms. The van der Waals surface area contributed by atoms with Crippen LogP contribution < -0.4 is 5.73 Å². The van der Waals surface area contributed by atoms with E-state index in [1.54, 1.807) is 0 Å². The molecule has 0 saturated heterocycles. The topological polar surface area (TPSA) is 26.0 Å². The zero-order valence-electron chi connectivity index (χ0n) is 9.36. The van der Waals surface area contributed by atoms with Crippen molar-refractivity contribution in [2.75, 3.05) is 0 Å². The molecule has 2 rings (SSSR count). The molecule has 1 aliphatic carbocycles. The van der Waals surface area contributed by atoms with Crippen LogP contribution in [-0.4, -0.2) is 6.04 Å². The van der Waals surface area contributed by atoms with Gasteiger partial charge in [-0.3, -0.25) is 0 Å². The van der Waals surface area contributed by atoms with E-state index < -0.39 is 0 Å². The minimum Gasteiger partial charge on any atom is -0.328 e. The van der Waals surface area contributed by atoms with E-state index in [0.29, 0.717) is 12.0 Å². The van der Waals surface area contributed by atoms with Crippen LogP contribution in [0.25, 0.3) is 0 Å². The Morgan fingerprint density at radius 3 is 2.47 bits per heavy atom. The van der Waals surface area contributed by atoms with Gasteiger partial charge >= 0.3 is 0 Å². The first-order valence-electron chi connectivity index (χ1n) is 6.17. The molecule has 0 amide bonds. The lowest BCUT2D eigenvalue weighted by Crippen LogP contribution is -2.24. The van der Waals surface area contributed by atoms with Crippen molar-refractivity contribution >= 4 is 0 Å². The lowest BCUT2D eigenvalue weighted by molar-refractivity contribution is 0.413. The monoisotopic (exact) mass is 203 g/mol. The Morgan fingerprint density at radius 2 is 1.67 bits per heavy atom. The van der Waals surface area contributed by atoms with Crippen molar-refractivity contribution in [3.05, 3.63) is 35.9 Å². The van der Waals surface area contributed by atoms with E-state index in [1.807, 2.05) is 0 Å². The Balaban J connectivity index is 2.05. The summed E-state index contributed by atoms with van der Waals surface area (Å²) in [6.45, 7) is 0. The molecule has 82 valence electrons. The molecule has 1 heteroatoms. The summed E-state index contributed by atoms with van der Waals surface area (Å²) in [6, 6.07) is 11.3. The number of hydrogen-bond acceptors (Lipinski definition) is 1. The van der Waals surface area contributed by atoms with Crippen LogP contribution in [0.2, 0.25) is 0 Å². The van der Waals surface area contributed by atoms with Crippen molar-refractivity contribution in [2.24, 2.45) is 5.73 Å². The fourth-order valence-electron chi connectivity index (χ4n) is 2.60. The zero-order valence-corrected chi connectivity index (χ0v) is 9.36. The van der Waals surface area contributed by atoms with E-state index in [1.165, 1.54) is 44.1 Å². The number of nitrogens with two attached hydrogens (primary N) is 1. The summed E-state index contributed by atoms with van der Waals surface area (Å²) < 4.78 is 0. The van der Waals surface area contributed by atoms with Crippen LogP contribution in [0.5, 0.6) is 0 Å². The summed E-state index contributed by atoms with van der Waals surface area (Å²) in [5.74, 6) is 0.696. The number of rotatable bonds is 1. The Labute approximate surface area is 92.7 Å². The van der Waals surface area contributed by atoms with Crippen LogP contribution in [-0.2, 0) is 0 Å². The Hall–Kier alpha value is -0.820. The first kappa shape index (κ1) is 10.7. The fraction of sp³-hybridized carbons (Fsp3) is 0.571. The number of benzene rings is 1. The largest absolute Gasteiger partial charge is 0.328 e. The molecule has 1 fully saturated rings. The van der Waals surface area contributed by atoms with Crippen LogP contribution in [0.15, 0.2) is 30.3 Å². The molecular formula is C14H21N. The van der Waals surface area contributed by atoms with Crippen molar-refractivity contribution in [3.63, 3.8) is 0 Å². The normalized spacial score (nSPS) is 28.1. The summed E-state index contributed by atoms with van der Waals surface area (Å²) in [5.41, 5.74) is 7.61. The van der Waals surface area contributed by atoms with Gasteiger partial charge in [0.2, 0.25) is 0 Å². The SMILES string of the molecule is NC1CCCCCC(c2ccccc2)C1. The van der Waals surface area contributed by atoms with Crippen LogP contribution in [0, 0.1) is 0 Å². The maximum absolute atomic E-state index is 6.13. The lowest BCUT2D eigenvalue weighted by atomic mass is 9.84. The maximum atomic E-state index is 6.13. The van der Waals surface area contributed by atoms with Crippen LogP contribution in [0.1, 0.15) is 50.0 Å². The van der Waals surface area contributed by atoms with Crippen molar-refractivity contribution in [3.8, 4) is 0 Å². The second-order valence-corrected chi connectivity index (χ2v) is 4.74. The van der Waals surface area contributed by atoms with E-state index in [-0.39, 0.29) is 0 Å². The molecule has 0 aromatic heterocycles. The van der Waals surface area contributed by atoms with Crippen molar-refractivity contribution in [1.82, 2.24) is 0 Å². The summed E-state index contributed by atoms with van der Waals surface area (Å²) >= 11 is 0. The highest BCUT2D eigenvalue weighted by molar-refractivity contribution is 5.19. The van der Waals surface area contributed by atoms with E-state index in [0.717, 1.165) is 0 Å². The quantitative estimate of drug-likeness (QED) is 0.743. The summed E-state index contributed by atoms with van der Waals surface area (Å²) in [6.07, 6.45) is 7.75. The molecule has 2 N–H and O–H groups in total. The average Bonchev–Trinajstić information content (AvgIpc) is 2.24. The van der Waals surface area contributed by atoms with Gasteiger partial charge in [-0.1, -0.05) is 49.6 Å². The van der Waals surface area contributed by atoms with Gasteiger partial charge in [0.05, 0.1) is 0 Å². The summed E-state index contributed by atoms with van der Waals surface area (Å²) in [7, 11) is 0. The predicted molar refractivity (Wildman–Crippen MR) is 64.9 cm³/mol. The minimum atomic E-state index is 0.413. The van der Waals surface area contributed by atoms with Gasteiger partial charge in [0, 0.05) is 6.04 Å². The highest BCUT2D eigenvalue weighted by Crippen LogP contribution is 2.30. The lowest BCUT2D eigenvalue weighted by Gasteiger charge is -2.24. The van der Waals surface area contributed by atoms with E-state index in [2.05, 4.69) is 30.3 Å². The highest BCUT2D eigenvalue weighted by Gasteiger charge is 2.17. The van der Waals surface area contributed by atoms with E-state index in [4.69, 9.17) is 5.73 Å².